The van der Waals surface area contributed by atoms with Crippen LogP contribution in [0, 0.1) is 11.6 Å². The second kappa shape index (κ2) is 8.40. The molecule has 3 atom stereocenters. The van der Waals surface area contributed by atoms with Crippen molar-refractivity contribution >= 4 is 12.2 Å². The van der Waals surface area contributed by atoms with Crippen LogP contribution < -0.4 is 4.74 Å². The summed E-state index contributed by atoms with van der Waals surface area (Å²) in [4.78, 5) is 0. The summed E-state index contributed by atoms with van der Waals surface area (Å²) in [6.45, 7) is -0.274. The highest BCUT2D eigenvalue weighted by molar-refractivity contribution is 5.72. The van der Waals surface area contributed by atoms with E-state index in [1.165, 1.54) is 6.07 Å². The molecule has 0 aliphatic carbocycles. The quantitative estimate of drug-likeness (QED) is 0.801. The third-order valence-electron chi connectivity index (χ3n) is 4.09. The summed E-state index contributed by atoms with van der Waals surface area (Å²) < 4.78 is 39.0. The number of benzene rings is 2. The number of aliphatic hydroxyl groups excluding tert-OH is 2. The summed E-state index contributed by atoms with van der Waals surface area (Å²) in [6, 6.07) is 11.2. The van der Waals surface area contributed by atoms with Gasteiger partial charge in [-0.05, 0) is 11.6 Å². The maximum atomic E-state index is 14.3. The molecule has 2 aromatic rings. The van der Waals surface area contributed by atoms with E-state index in [4.69, 9.17) is 9.47 Å². The van der Waals surface area contributed by atoms with Gasteiger partial charge in [0, 0.05) is 24.5 Å². The fourth-order valence-electron chi connectivity index (χ4n) is 2.85. The largest absolute Gasteiger partial charge is 0.461 e. The van der Waals surface area contributed by atoms with E-state index in [2.05, 4.69) is 0 Å². The summed E-state index contributed by atoms with van der Waals surface area (Å²) in [5.41, 5.74) is 1.09. The Bertz CT molecular complexity index is 764. The van der Waals surface area contributed by atoms with Crippen molar-refractivity contribution in [3.05, 3.63) is 65.2 Å². The van der Waals surface area contributed by atoms with E-state index in [0.717, 1.165) is 11.6 Å². The number of aliphatic hydroxyl groups is 2. The Labute approximate surface area is 150 Å². The number of hydrogen-bond acceptors (Lipinski definition) is 4. The maximum absolute atomic E-state index is 14.3. The van der Waals surface area contributed by atoms with E-state index in [1.807, 2.05) is 30.3 Å². The lowest BCUT2D eigenvalue weighted by molar-refractivity contribution is -0.185. The van der Waals surface area contributed by atoms with Gasteiger partial charge in [0.25, 0.3) is 0 Å². The van der Waals surface area contributed by atoms with Gasteiger partial charge in [-0.3, -0.25) is 0 Å². The van der Waals surface area contributed by atoms with Crippen LogP contribution in [0.4, 0.5) is 8.78 Å². The molecule has 0 spiro atoms. The van der Waals surface area contributed by atoms with E-state index < -0.39 is 30.1 Å². The van der Waals surface area contributed by atoms with E-state index in [9.17, 15) is 19.0 Å². The van der Waals surface area contributed by atoms with Gasteiger partial charge in [0.2, 0.25) is 6.29 Å². The first-order valence-electron chi connectivity index (χ1n) is 8.38. The molecule has 1 heterocycles. The van der Waals surface area contributed by atoms with Crippen molar-refractivity contribution in [3.63, 3.8) is 0 Å². The predicted molar refractivity (Wildman–Crippen MR) is 93.3 cm³/mol. The van der Waals surface area contributed by atoms with Gasteiger partial charge in [-0.2, -0.15) is 0 Å². The molecule has 26 heavy (non-hydrogen) atoms. The lowest BCUT2D eigenvalue weighted by Crippen LogP contribution is -2.40. The van der Waals surface area contributed by atoms with Gasteiger partial charge in [-0.15, -0.1) is 0 Å². The summed E-state index contributed by atoms with van der Waals surface area (Å²) in [7, 11) is 0. The minimum atomic E-state index is -0.931. The van der Waals surface area contributed by atoms with Crippen molar-refractivity contribution in [1.82, 2.24) is 0 Å². The first-order chi connectivity index (χ1) is 12.5. The van der Waals surface area contributed by atoms with Crippen LogP contribution in [0.15, 0.2) is 42.5 Å². The summed E-state index contributed by atoms with van der Waals surface area (Å²) >= 11 is 0. The van der Waals surface area contributed by atoms with Crippen LogP contribution in [0.1, 0.15) is 24.0 Å². The molecule has 0 saturated carbocycles. The Morgan fingerprint density at radius 1 is 1.12 bits per heavy atom. The molecule has 138 valence electrons. The zero-order valence-electron chi connectivity index (χ0n) is 14.0. The zero-order valence-corrected chi connectivity index (χ0v) is 14.0. The average molecular weight is 362 g/mol. The van der Waals surface area contributed by atoms with Gasteiger partial charge in [0.1, 0.15) is 5.82 Å². The summed E-state index contributed by atoms with van der Waals surface area (Å²) in [5, 5.41) is 19.1. The topological polar surface area (TPSA) is 58.9 Å². The van der Waals surface area contributed by atoms with Crippen molar-refractivity contribution in [2.24, 2.45) is 0 Å². The Kier molecular flexibility index (Phi) is 5.98. The molecule has 0 amide bonds. The lowest BCUT2D eigenvalue weighted by Gasteiger charge is -2.32. The highest BCUT2D eigenvalue weighted by Crippen LogP contribution is 2.30. The van der Waals surface area contributed by atoms with Crippen LogP contribution in [-0.4, -0.2) is 35.3 Å². The van der Waals surface area contributed by atoms with Crippen molar-refractivity contribution in [1.29, 1.82) is 0 Å². The number of ether oxygens (including phenoxy) is 2. The molecule has 2 N–H and O–H groups in total. The minimum absolute atomic E-state index is 0.134. The van der Waals surface area contributed by atoms with Crippen molar-refractivity contribution in [2.75, 3.05) is 6.61 Å². The Morgan fingerprint density at radius 3 is 2.62 bits per heavy atom. The van der Waals surface area contributed by atoms with Crippen molar-refractivity contribution in [2.45, 2.75) is 31.3 Å². The molecule has 0 radical (unpaired) electrons. The molecule has 1 saturated heterocycles. The fraction of sp³-hybridized carbons (Fsp3) is 0.300. The first-order valence-corrected chi connectivity index (χ1v) is 8.38. The molecule has 0 unspecified atom stereocenters. The maximum Gasteiger partial charge on any atom is 0.202 e. The van der Waals surface area contributed by atoms with E-state index in [-0.39, 0.29) is 30.8 Å². The summed E-state index contributed by atoms with van der Waals surface area (Å²) in [5.74, 6) is -1.74. The molecule has 6 heteroatoms. The molecular weight excluding hydrogens is 342 g/mol. The molecular formula is C20H20F2O4. The van der Waals surface area contributed by atoms with E-state index in [1.54, 1.807) is 12.2 Å². The van der Waals surface area contributed by atoms with Crippen LogP contribution in [0.2, 0.25) is 0 Å². The molecule has 0 aromatic heterocycles. The molecule has 1 aliphatic rings. The standard InChI is InChI=1S/C20H20F2O4/c21-15-8-14(7-6-13-4-2-1-3-5-13)20(18(22)9-15)26-19-11-16(24)10-17(12-23)25-19/h1-9,16-17,19,23-24H,10-12H2/b7-6+/t16-,17-,19-/m0/s1. The predicted octanol–water partition coefficient (Wildman–Crippen LogP) is 3.37. The van der Waals surface area contributed by atoms with Gasteiger partial charge in [-0.1, -0.05) is 42.5 Å². The fourth-order valence-corrected chi connectivity index (χ4v) is 2.85. The monoisotopic (exact) mass is 362 g/mol. The van der Waals surface area contributed by atoms with Crippen LogP contribution in [0.3, 0.4) is 0 Å². The van der Waals surface area contributed by atoms with Crippen LogP contribution in [-0.2, 0) is 4.74 Å². The molecule has 1 fully saturated rings. The number of hydrogen-bond donors (Lipinski definition) is 2. The van der Waals surface area contributed by atoms with E-state index >= 15 is 0 Å². The Morgan fingerprint density at radius 2 is 1.88 bits per heavy atom. The molecule has 4 nitrogen and oxygen atoms in total. The number of rotatable bonds is 5. The van der Waals surface area contributed by atoms with Crippen molar-refractivity contribution in [3.8, 4) is 5.75 Å². The van der Waals surface area contributed by atoms with Crippen LogP contribution >= 0.6 is 0 Å². The van der Waals surface area contributed by atoms with Crippen LogP contribution in [0.5, 0.6) is 5.75 Å². The third kappa shape index (κ3) is 4.66. The molecule has 3 rings (SSSR count). The molecule has 2 aromatic carbocycles. The summed E-state index contributed by atoms with van der Waals surface area (Å²) in [6.07, 6.45) is 1.44. The third-order valence-corrected chi connectivity index (χ3v) is 4.09. The number of halogens is 2. The van der Waals surface area contributed by atoms with Gasteiger partial charge in [0.05, 0.1) is 18.8 Å². The molecule has 1 aliphatic heterocycles. The highest BCUT2D eigenvalue weighted by Gasteiger charge is 2.30. The second-order valence-corrected chi connectivity index (χ2v) is 6.16. The lowest BCUT2D eigenvalue weighted by atomic mass is 10.1. The minimum Gasteiger partial charge on any atom is -0.461 e. The van der Waals surface area contributed by atoms with Gasteiger partial charge >= 0.3 is 0 Å². The second-order valence-electron chi connectivity index (χ2n) is 6.16. The first kappa shape index (κ1) is 18.5. The van der Waals surface area contributed by atoms with Gasteiger partial charge < -0.3 is 19.7 Å². The zero-order chi connectivity index (χ0) is 18.5. The molecule has 0 bridgehead atoms. The normalized spacial score (nSPS) is 23.3. The van der Waals surface area contributed by atoms with Gasteiger partial charge in [0.15, 0.2) is 11.6 Å². The van der Waals surface area contributed by atoms with E-state index in [0.29, 0.717) is 0 Å². The average Bonchev–Trinajstić information content (AvgIpc) is 2.62. The smallest absolute Gasteiger partial charge is 0.202 e. The Hall–Kier alpha value is -2.28. The SMILES string of the molecule is OC[C@@H]1C[C@H](O)C[C@H](Oc2c(F)cc(F)cc2/C=C/c2ccccc2)O1. The van der Waals surface area contributed by atoms with Crippen molar-refractivity contribution < 1.29 is 28.5 Å². The highest BCUT2D eigenvalue weighted by atomic mass is 19.1. The Balaban J connectivity index is 1.85. The van der Waals surface area contributed by atoms with Gasteiger partial charge in [-0.25, -0.2) is 8.78 Å². The van der Waals surface area contributed by atoms with Crippen LogP contribution in [0.25, 0.3) is 12.2 Å².